The first kappa shape index (κ1) is 33.6. The highest BCUT2D eigenvalue weighted by Gasteiger charge is 2.42. The summed E-state index contributed by atoms with van der Waals surface area (Å²) in [6.45, 7) is 6.67. The van der Waals surface area contributed by atoms with Gasteiger partial charge >= 0.3 is 11.9 Å². The molecule has 45 heavy (non-hydrogen) atoms. The van der Waals surface area contributed by atoms with E-state index in [0.717, 1.165) is 37.0 Å². The zero-order valence-electron chi connectivity index (χ0n) is 25.7. The lowest BCUT2D eigenvalue weighted by atomic mass is 9.80. The van der Waals surface area contributed by atoms with Gasteiger partial charge in [0.05, 0.1) is 35.6 Å². The van der Waals surface area contributed by atoms with E-state index in [1.807, 2.05) is 36.4 Å². The summed E-state index contributed by atoms with van der Waals surface area (Å²) >= 11 is 0. The number of rotatable bonds is 9. The van der Waals surface area contributed by atoms with Gasteiger partial charge in [-0.25, -0.2) is 9.59 Å². The summed E-state index contributed by atoms with van der Waals surface area (Å²) in [6, 6.07) is 26.8. The fourth-order valence-electron chi connectivity index (χ4n) is 6.66. The first-order valence-corrected chi connectivity index (χ1v) is 14.8. The van der Waals surface area contributed by atoms with Gasteiger partial charge in [-0.3, -0.25) is 10.1 Å². The van der Waals surface area contributed by atoms with Crippen LogP contribution in [0.5, 0.6) is 0 Å². The van der Waals surface area contributed by atoms with E-state index >= 15 is 0 Å². The Morgan fingerprint density at radius 2 is 1.47 bits per heavy atom. The largest absolute Gasteiger partial charge is 1.00 e. The van der Waals surface area contributed by atoms with E-state index in [9.17, 15) is 19.7 Å². The Labute approximate surface area is 274 Å². The van der Waals surface area contributed by atoms with Crippen LogP contribution >= 0.6 is 0 Å². The predicted octanol–water partition coefficient (Wildman–Crippen LogP) is 2.93. The molecule has 3 aromatic rings. The minimum atomic E-state index is -0.896. The van der Waals surface area contributed by atoms with E-state index in [4.69, 9.17) is 9.47 Å². The lowest BCUT2D eigenvalue weighted by molar-refractivity contribution is -0.960. The van der Waals surface area contributed by atoms with Gasteiger partial charge in [0.1, 0.15) is 19.6 Å². The molecule has 1 saturated heterocycles. The van der Waals surface area contributed by atoms with E-state index < -0.39 is 22.8 Å². The number of nitro benzene ring substituents is 1. The second kappa shape index (κ2) is 14.7. The van der Waals surface area contributed by atoms with Crippen molar-refractivity contribution in [2.45, 2.75) is 51.8 Å². The lowest BCUT2D eigenvalue weighted by Crippen LogP contribution is -3.00. The normalized spacial score (nSPS) is 19.2. The molecule has 0 aromatic heterocycles. The number of hydrogen-bond acceptors (Lipinski definition) is 7. The molecule has 0 radical (unpaired) electrons. The van der Waals surface area contributed by atoms with Crippen molar-refractivity contribution in [1.29, 1.82) is 0 Å². The van der Waals surface area contributed by atoms with Gasteiger partial charge in [0.2, 0.25) is 0 Å². The standard InChI is InChI=1S/C35H37N3O6.BrH/c1-24-31(34(39)43-3)33(28-16-10-17-29(20-28)37(41)42)32(25(2)36-24)35(40)44-30-18-11-19-38(23-30,21-26-12-6-4-7-13-26)22-27-14-8-5-9-15-27;/h4-10,12-17,20,30,33H,11,18-19,21-23H2,1-3H3;1H. The number of halogens is 1. The molecule has 5 rings (SSSR count). The molecule has 1 fully saturated rings. The second-order valence-electron chi connectivity index (χ2n) is 11.7. The number of allylic oxidation sites excluding steroid dienone is 2. The lowest BCUT2D eigenvalue weighted by Gasteiger charge is -2.44. The van der Waals surface area contributed by atoms with Gasteiger partial charge in [0.25, 0.3) is 5.69 Å². The maximum Gasteiger partial charge on any atom is 0.337 e. The molecule has 0 spiro atoms. The van der Waals surface area contributed by atoms with Crippen LogP contribution in [0.4, 0.5) is 5.69 Å². The SMILES string of the molecule is COC(=O)C1=C(C)NC(C)=C(C(=O)OC2CCC[N+](Cc3ccccc3)(Cc3ccccc3)C2)C1c1cccc([N+](=O)[O-])c1.[Br-]. The molecule has 2 aliphatic rings. The van der Waals surface area contributed by atoms with Crippen LogP contribution in [0, 0.1) is 10.1 Å². The van der Waals surface area contributed by atoms with E-state index in [0.29, 0.717) is 23.5 Å². The van der Waals surface area contributed by atoms with Crippen LogP contribution in [0.15, 0.2) is 107 Å². The quantitative estimate of drug-likeness (QED) is 0.161. The van der Waals surface area contributed by atoms with E-state index in [2.05, 4.69) is 29.6 Å². The van der Waals surface area contributed by atoms with Crippen LogP contribution in [0.2, 0.25) is 0 Å². The third kappa shape index (κ3) is 7.69. The molecule has 9 nitrogen and oxygen atoms in total. The first-order valence-electron chi connectivity index (χ1n) is 14.8. The van der Waals surface area contributed by atoms with Gasteiger partial charge in [-0.2, -0.15) is 0 Å². The molecular weight excluding hydrogens is 638 g/mol. The Morgan fingerprint density at radius 3 is 2.02 bits per heavy atom. The first-order chi connectivity index (χ1) is 21.2. The third-order valence-corrected chi connectivity index (χ3v) is 8.54. The summed E-state index contributed by atoms with van der Waals surface area (Å²) in [4.78, 5) is 38.3. The molecular formula is C35H38BrN3O6. The number of carbonyl (C=O) groups excluding carboxylic acids is 2. The van der Waals surface area contributed by atoms with Crippen molar-refractivity contribution in [3.05, 3.63) is 134 Å². The summed E-state index contributed by atoms with van der Waals surface area (Å²) < 4.78 is 12.1. The van der Waals surface area contributed by atoms with Crippen molar-refractivity contribution in [3.8, 4) is 0 Å². The summed E-state index contributed by atoms with van der Waals surface area (Å²) in [6.07, 6.45) is 1.24. The van der Waals surface area contributed by atoms with Crippen LogP contribution in [0.3, 0.4) is 0 Å². The third-order valence-electron chi connectivity index (χ3n) is 8.54. The highest BCUT2D eigenvalue weighted by Crippen LogP contribution is 2.40. The summed E-state index contributed by atoms with van der Waals surface area (Å²) in [5.41, 5.74) is 4.25. The minimum Gasteiger partial charge on any atom is -1.00 e. The number of nitro groups is 1. The Bertz CT molecular complexity index is 1560. The molecule has 2 unspecified atom stereocenters. The van der Waals surface area contributed by atoms with Gasteiger partial charge in [-0.05, 0) is 25.8 Å². The Hall–Kier alpha value is -4.28. The number of esters is 2. The van der Waals surface area contributed by atoms with E-state index in [-0.39, 0.29) is 39.9 Å². The highest BCUT2D eigenvalue weighted by molar-refractivity contribution is 6.00. The number of benzene rings is 3. The zero-order valence-corrected chi connectivity index (χ0v) is 27.3. The monoisotopic (exact) mass is 675 g/mol. The zero-order chi connectivity index (χ0) is 31.3. The number of quaternary nitrogens is 1. The molecule has 0 amide bonds. The molecule has 2 atom stereocenters. The topological polar surface area (TPSA) is 108 Å². The minimum absolute atomic E-state index is 0. The number of ether oxygens (including phenoxy) is 2. The van der Waals surface area contributed by atoms with Crippen LogP contribution in [-0.2, 0) is 32.2 Å². The van der Waals surface area contributed by atoms with Gasteiger partial charge in [-0.1, -0.05) is 72.8 Å². The van der Waals surface area contributed by atoms with Crippen LogP contribution in [0.25, 0.3) is 0 Å². The van der Waals surface area contributed by atoms with Crippen molar-refractivity contribution in [3.63, 3.8) is 0 Å². The van der Waals surface area contributed by atoms with Crippen LogP contribution in [-0.4, -0.2) is 47.6 Å². The van der Waals surface area contributed by atoms with Gasteiger partial charge in [0.15, 0.2) is 6.10 Å². The fourth-order valence-corrected chi connectivity index (χ4v) is 6.66. The number of carbonyl (C=O) groups is 2. The molecule has 0 bridgehead atoms. The Kier molecular flexibility index (Phi) is 11.0. The number of nitrogens with zero attached hydrogens (tertiary/aromatic N) is 2. The number of non-ortho nitro benzene ring substituents is 1. The van der Waals surface area contributed by atoms with Gasteiger partial charge in [0, 0.05) is 41.1 Å². The molecule has 0 aliphatic carbocycles. The van der Waals surface area contributed by atoms with Crippen molar-refractivity contribution in [2.75, 3.05) is 20.2 Å². The number of methoxy groups -OCH3 is 1. The predicted molar refractivity (Wildman–Crippen MR) is 166 cm³/mol. The highest BCUT2D eigenvalue weighted by atomic mass is 79.9. The van der Waals surface area contributed by atoms with Crippen LogP contribution in [0.1, 0.15) is 49.3 Å². The smallest absolute Gasteiger partial charge is 0.337 e. The van der Waals surface area contributed by atoms with Crippen molar-refractivity contribution in [1.82, 2.24) is 5.32 Å². The van der Waals surface area contributed by atoms with E-state index in [1.54, 1.807) is 26.0 Å². The summed E-state index contributed by atoms with van der Waals surface area (Å²) in [5.74, 6) is -2.07. The maximum absolute atomic E-state index is 14.1. The summed E-state index contributed by atoms with van der Waals surface area (Å²) in [7, 11) is 1.27. The average molecular weight is 677 g/mol. The van der Waals surface area contributed by atoms with E-state index in [1.165, 1.54) is 30.4 Å². The fraction of sp³-hybridized carbons (Fsp3) is 0.314. The number of hydrogen-bond donors (Lipinski definition) is 1. The Balaban J connectivity index is 0.00000461. The molecule has 236 valence electrons. The average Bonchev–Trinajstić information content (AvgIpc) is 3.01. The van der Waals surface area contributed by atoms with Crippen molar-refractivity contribution < 1.29 is 45.5 Å². The molecule has 3 aromatic carbocycles. The van der Waals surface area contributed by atoms with Crippen LogP contribution < -0.4 is 22.3 Å². The molecule has 0 saturated carbocycles. The summed E-state index contributed by atoms with van der Waals surface area (Å²) in [5, 5.41) is 14.8. The molecule has 10 heteroatoms. The second-order valence-corrected chi connectivity index (χ2v) is 11.7. The molecule has 1 N–H and O–H groups in total. The van der Waals surface area contributed by atoms with Gasteiger partial charge in [-0.15, -0.1) is 0 Å². The Morgan fingerprint density at radius 1 is 0.889 bits per heavy atom. The molecule has 2 heterocycles. The van der Waals surface area contributed by atoms with Gasteiger partial charge < -0.3 is 36.3 Å². The molecule has 2 aliphatic heterocycles. The van der Waals surface area contributed by atoms with Crippen molar-refractivity contribution >= 4 is 17.6 Å². The number of dihydropyridines is 1. The number of nitrogens with one attached hydrogen (secondary N) is 1. The number of likely N-dealkylation sites (tertiary alicyclic amines) is 1. The maximum atomic E-state index is 14.1. The van der Waals surface area contributed by atoms with Crippen molar-refractivity contribution in [2.24, 2.45) is 0 Å². The number of piperidine rings is 1.